The quantitative estimate of drug-likeness (QED) is 0.476. The fraction of sp³-hybridized carbons (Fsp3) is 0.200. The highest BCUT2D eigenvalue weighted by atomic mass is 16.6. The van der Waals surface area contributed by atoms with E-state index < -0.39 is 28.6 Å². The molecule has 0 bridgehead atoms. The molecule has 1 aromatic rings. The van der Waals surface area contributed by atoms with E-state index in [1.807, 2.05) is 0 Å². The Labute approximate surface area is 96.2 Å². The topological polar surface area (TPSA) is 103 Å². The number of carboxylic acids is 1. The maximum Gasteiger partial charge on any atom is 0.354 e. The lowest BCUT2D eigenvalue weighted by Crippen LogP contribution is -2.12. The second-order valence-corrected chi connectivity index (χ2v) is 3.01. The van der Waals surface area contributed by atoms with Gasteiger partial charge in [-0.25, -0.2) is 9.78 Å². The Kier molecular flexibility index (Phi) is 3.62. The third-order valence-corrected chi connectivity index (χ3v) is 1.78. The predicted octanol–water partition coefficient (Wildman–Crippen LogP) is 1.09. The van der Waals surface area contributed by atoms with Crippen LogP contribution in [0.15, 0.2) is 12.1 Å². The highest BCUT2D eigenvalue weighted by Crippen LogP contribution is 2.25. The van der Waals surface area contributed by atoms with Crippen molar-refractivity contribution in [3.63, 3.8) is 0 Å². The van der Waals surface area contributed by atoms with E-state index >= 15 is 0 Å². The molecular weight excluding hydrogens is 228 g/mol. The highest BCUT2D eigenvalue weighted by molar-refractivity contribution is 5.85. The van der Waals surface area contributed by atoms with E-state index in [1.165, 1.54) is 6.92 Å². The summed E-state index contributed by atoms with van der Waals surface area (Å²) in [6.07, 6.45) is 4.31. The first kappa shape index (κ1) is 12.4. The number of hydrogen-bond donors (Lipinski definition) is 1. The van der Waals surface area contributed by atoms with Crippen molar-refractivity contribution in [2.45, 2.75) is 13.0 Å². The molecule has 7 nitrogen and oxygen atoms in total. The molecule has 1 atom stereocenters. The van der Waals surface area contributed by atoms with Gasteiger partial charge in [-0.2, -0.15) is 0 Å². The minimum absolute atomic E-state index is 0.352. The van der Waals surface area contributed by atoms with E-state index in [2.05, 4.69) is 10.9 Å². The summed E-state index contributed by atoms with van der Waals surface area (Å²) in [7, 11) is 0. The number of ether oxygens (including phenoxy) is 1. The predicted molar refractivity (Wildman–Crippen MR) is 56.8 cm³/mol. The van der Waals surface area contributed by atoms with Gasteiger partial charge in [-0.15, -0.1) is 6.42 Å². The van der Waals surface area contributed by atoms with Crippen LogP contribution < -0.4 is 4.74 Å². The molecule has 0 aromatic carbocycles. The lowest BCUT2D eigenvalue weighted by atomic mass is 10.3. The lowest BCUT2D eigenvalue weighted by Gasteiger charge is -2.08. The van der Waals surface area contributed by atoms with Crippen molar-refractivity contribution >= 4 is 11.7 Å². The van der Waals surface area contributed by atoms with Crippen molar-refractivity contribution in [2.24, 2.45) is 0 Å². The van der Waals surface area contributed by atoms with Crippen LogP contribution in [0.25, 0.3) is 0 Å². The number of carboxylic acid groups (broad SMARTS) is 1. The van der Waals surface area contributed by atoms with Gasteiger partial charge in [0, 0.05) is 6.07 Å². The SMILES string of the molecule is C#CC(C)Oc1nc(C(=O)O)ccc1[N+](=O)[O-]. The molecule has 0 saturated heterocycles. The van der Waals surface area contributed by atoms with Crippen LogP contribution in [0.3, 0.4) is 0 Å². The van der Waals surface area contributed by atoms with E-state index in [-0.39, 0.29) is 5.69 Å². The van der Waals surface area contributed by atoms with Gasteiger partial charge in [0.05, 0.1) is 4.92 Å². The van der Waals surface area contributed by atoms with Crippen LogP contribution in [0, 0.1) is 22.5 Å². The van der Waals surface area contributed by atoms with Crippen molar-refractivity contribution in [3.05, 3.63) is 27.9 Å². The van der Waals surface area contributed by atoms with Crippen LogP contribution in [0.2, 0.25) is 0 Å². The van der Waals surface area contributed by atoms with Gasteiger partial charge in [-0.05, 0) is 13.0 Å². The molecule has 0 spiro atoms. The maximum absolute atomic E-state index is 10.7. The van der Waals surface area contributed by atoms with Crippen molar-refractivity contribution in [1.29, 1.82) is 0 Å². The molecule has 0 fully saturated rings. The van der Waals surface area contributed by atoms with Gasteiger partial charge in [0.15, 0.2) is 11.8 Å². The fourth-order valence-electron chi connectivity index (χ4n) is 0.979. The van der Waals surface area contributed by atoms with Crippen molar-refractivity contribution < 1.29 is 19.6 Å². The lowest BCUT2D eigenvalue weighted by molar-refractivity contribution is -0.386. The third-order valence-electron chi connectivity index (χ3n) is 1.78. The first-order valence-electron chi connectivity index (χ1n) is 4.47. The van der Waals surface area contributed by atoms with Gasteiger partial charge in [-0.3, -0.25) is 10.1 Å². The molecule has 1 unspecified atom stereocenters. The summed E-state index contributed by atoms with van der Waals surface area (Å²) in [5.74, 6) is 0.486. The molecule has 1 rings (SSSR count). The first-order chi connectivity index (χ1) is 7.95. The Hall–Kier alpha value is -2.62. The Morgan fingerprint density at radius 3 is 2.82 bits per heavy atom. The molecule has 1 N–H and O–H groups in total. The summed E-state index contributed by atoms with van der Waals surface area (Å²) >= 11 is 0. The second-order valence-electron chi connectivity index (χ2n) is 3.01. The zero-order valence-electron chi connectivity index (χ0n) is 8.78. The van der Waals surface area contributed by atoms with Crippen LogP contribution in [-0.2, 0) is 0 Å². The number of aromatic nitrogens is 1. The number of pyridine rings is 1. The first-order valence-corrected chi connectivity index (χ1v) is 4.47. The standard InChI is InChI=1S/C10H8N2O5/c1-3-6(2)17-9-8(12(15)16)5-4-7(11-9)10(13)14/h1,4-6H,2H3,(H,13,14). The molecule has 0 aliphatic carbocycles. The summed E-state index contributed by atoms with van der Waals surface area (Å²) in [5, 5.41) is 19.4. The van der Waals surface area contributed by atoms with E-state index in [4.69, 9.17) is 16.3 Å². The minimum Gasteiger partial charge on any atom is -0.477 e. The van der Waals surface area contributed by atoms with Gasteiger partial charge < -0.3 is 9.84 Å². The van der Waals surface area contributed by atoms with Crippen LogP contribution in [-0.4, -0.2) is 27.1 Å². The Morgan fingerprint density at radius 2 is 2.35 bits per heavy atom. The Bertz CT molecular complexity index is 506. The van der Waals surface area contributed by atoms with Gasteiger partial charge in [0.25, 0.3) is 5.88 Å². The Morgan fingerprint density at radius 1 is 1.71 bits per heavy atom. The van der Waals surface area contributed by atoms with E-state index in [0.29, 0.717) is 0 Å². The average Bonchev–Trinajstić information content (AvgIpc) is 2.28. The molecule has 1 heterocycles. The molecule has 1 aromatic heterocycles. The second kappa shape index (κ2) is 4.94. The molecule has 88 valence electrons. The summed E-state index contributed by atoms with van der Waals surface area (Å²) < 4.78 is 4.99. The molecule has 0 aliphatic rings. The summed E-state index contributed by atoms with van der Waals surface area (Å²) in [5.41, 5.74) is -0.785. The number of nitro groups is 1. The average molecular weight is 236 g/mol. The van der Waals surface area contributed by atoms with Crippen molar-refractivity contribution in [2.75, 3.05) is 0 Å². The van der Waals surface area contributed by atoms with Crippen LogP contribution in [0.5, 0.6) is 5.88 Å². The molecular formula is C10H8N2O5. The number of carbonyl (C=O) groups is 1. The summed E-state index contributed by atoms with van der Waals surface area (Å²) in [6.45, 7) is 1.48. The van der Waals surface area contributed by atoms with Crippen LogP contribution in [0.1, 0.15) is 17.4 Å². The van der Waals surface area contributed by atoms with E-state index in [9.17, 15) is 14.9 Å². The maximum atomic E-state index is 10.7. The smallest absolute Gasteiger partial charge is 0.354 e. The van der Waals surface area contributed by atoms with Crippen LogP contribution >= 0.6 is 0 Å². The molecule has 0 radical (unpaired) electrons. The molecule has 0 amide bonds. The summed E-state index contributed by atoms with van der Waals surface area (Å²) in [6, 6.07) is 2.03. The number of nitrogens with zero attached hydrogens (tertiary/aromatic N) is 2. The molecule has 17 heavy (non-hydrogen) atoms. The fourth-order valence-corrected chi connectivity index (χ4v) is 0.979. The molecule has 0 saturated carbocycles. The van der Waals surface area contributed by atoms with Gasteiger partial charge in [0.2, 0.25) is 0 Å². The molecule has 0 aliphatic heterocycles. The Balaban J connectivity index is 3.21. The van der Waals surface area contributed by atoms with E-state index in [0.717, 1.165) is 12.1 Å². The van der Waals surface area contributed by atoms with Gasteiger partial charge >= 0.3 is 11.7 Å². The molecule has 7 heteroatoms. The minimum atomic E-state index is -1.31. The summed E-state index contributed by atoms with van der Waals surface area (Å²) in [4.78, 5) is 24.1. The number of aromatic carboxylic acids is 1. The zero-order valence-corrected chi connectivity index (χ0v) is 8.78. The largest absolute Gasteiger partial charge is 0.477 e. The van der Waals surface area contributed by atoms with Gasteiger partial charge in [0.1, 0.15) is 0 Å². The van der Waals surface area contributed by atoms with Crippen LogP contribution in [0.4, 0.5) is 5.69 Å². The van der Waals surface area contributed by atoms with Gasteiger partial charge in [-0.1, -0.05) is 5.92 Å². The zero-order chi connectivity index (χ0) is 13.0. The number of terminal acetylenes is 1. The number of rotatable bonds is 4. The number of hydrogen-bond acceptors (Lipinski definition) is 5. The third kappa shape index (κ3) is 2.92. The van der Waals surface area contributed by atoms with Crippen molar-refractivity contribution in [1.82, 2.24) is 4.98 Å². The normalized spacial score (nSPS) is 11.3. The highest BCUT2D eigenvalue weighted by Gasteiger charge is 2.21. The van der Waals surface area contributed by atoms with E-state index in [1.54, 1.807) is 0 Å². The van der Waals surface area contributed by atoms with Crippen molar-refractivity contribution in [3.8, 4) is 18.2 Å². The monoisotopic (exact) mass is 236 g/mol.